The molecule has 2 aromatic carbocycles. The first-order chi connectivity index (χ1) is 9.70. The van der Waals surface area contributed by atoms with Gasteiger partial charge in [0.05, 0.1) is 0 Å². The molecule has 3 N–H and O–H groups in total. The molecule has 0 aliphatic heterocycles. The zero-order chi connectivity index (χ0) is 14.1. The summed E-state index contributed by atoms with van der Waals surface area (Å²) in [5, 5.41) is 1.11. The molecule has 0 saturated heterocycles. The van der Waals surface area contributed by atoms with Crippen molar-refractivity contribution in [3.05, 3.63) is 54.2 Å². The standard InChI is InChI=1S/C17H16N2O/c1-2-17(20)14-9-11(18)7-8-12(14)15-10-19-16-6-4-3-5-13(15)16/h3-10,19H,2,18H2,1H3. The van der Waals surface area contributed by atoms with Gasteiger partial charge in [0.2, 0.25) is 0 Å². The van der Waals surface area contributed by atoms with Gasteiger partial charge in [-0.15, -0.1) is 0 Å². The van der Waals surface area contributed by atoms with E-state index in [0.29, 0.717) is 17.7 Å². The first-order valence-corrected chi connectivity index (χ1v) is 6.70. The molecular weight excluding hydrogens is 248 g/mol. The van der Waals surface area contributed by atoms with Crippen LogP contribution in [0.25, 0.3) is 22.0 Å². The van der Waals surface area contributed by atoms with Crippen LogP contribution in [0.5, 0.6) is 0 Å². The van der Waals surface area contributed by atoms with Crippen molar-refractivity contribution in [1.82, 2.24) is 4.98 Å². The maximum atomic E-state index is 12.2. The molecule has 1 heterocycles. The summed E-state index contributed by atoms with van der Waals surface area (Å²) in [6.07, 6.45) is 2.42. The topological polar surface area (TPSA) is 58.9 Å². The average Bonchev–Trinajstić information content (AvgIpc) is 2.90. The Morgan fingerprint density at radius 3 is 2.75 bits per heavy atom. The lowest BCUT2D eigenvalue weighted by Crippen LogP contribution is -2.01. The van der Waals surface area contributed by atoms with Gasteiger partial charge in [-0.1, -0.05) is 31.2 Å². The molecule has 100 valence electrons. The molecule has 0 aliphatic rings. The summed E-state index contributed by atoms with van der Waals surface area (Å²) in [5.74, 6) is 0.109. The zero-order valence-electron chi connectivity index (χ0n) is 11.3. The summed E-state index contributed by atoms with van der Waals surface area (Å²) in [6.45, 7) is 1.87. The third kappa shape index (κ3) is 1.97. The summed E-state index contributed by atoms with van der Waals surface area (Å²) in [5.41, 5.74) is 10.2. The molecule has 3 aromatic rings. The zero-order valence-corrected chi connectivity index (χ0v) is 11.3. The maximum absolute atomic E-state index is 12.2. The van der Waals surface area contributed by atoms with Gasteiger partial charge >= 0.3 is 0 Å². The van der Waals surface area contributed by atoms with E-state index in [2.05, 4.69) is 11.1 Å². The van der Waals surface area contributed by atoms with Crippen molar-refractivity contribution in [3.8, 4) is 11.1 Å². The van der Waals surface area contributed by atoms with Crippen molar-refractivity contribution < 1.29 is 4.79 Å². The highest BCUT2D eigenvalue weighted by Crippen LogP contribution is 2.32. The third-order valence-electron chi connectivity index (χ3n) is 3.54. The van der Waals surface area contributed by atoms with Crippen LogP contribution in [0.4, 0.5) is 5.69 Å². The lowest BCUT2D eigenvalue weighted by atomic mass is 9.95. The number of anilines is 1. The van der Waals surface area contributed by atoms with Gasteiger partial charge in [0.15, 0.2) is 5.78 Å². The number of nitrogen functional groups attached to an aromatic ring is 1. The van der Waals surface area contributed by atoms with Crippen LogP contribution >= 0.6 is 0 Å². The Hall–Kier alpha value is -2.55. The van der Waals surface area contributed by atoms with Gasteiger partial charge in [0, 0.05) is 40.3 Å². The Bertz CT molecular complexity index is 787. The van der Waals surface area contributed by atoms with E-state index in [9.17, 15) is 4.79 Å². The van der Waals surface area contributed by atoms with E-state index in [1.165, 1.54) is 0 Å². The van der Waals surface area contributed by atoms with Crippen LogP contribution in [0.2, 0.25) is 0 Å². The van der Waals surface area contributed by atoms with Crippen LogP contribution < -0.4 is 5.73 Å². The summed E-state index contributed by atoms with van der Waals surface area (Å²) in [4.78, 5) is 15.4. The van der Waals surface area contributed by atoms with Crippen LogP contribution in [-0.2, 0) is 0 Å². The minimum Gasteiger partial charge on any atom is -0.399 e. The minimum absolute atomic E-state index is 0.109. The number of carbonyl (C=O) groups is 1. The number of carbonyl (C=O) groups excluding carboxylic acids is 1. The van der Waals surface area contributed by atoms with Crippen LogP contribution in [0.3, 0.4) is 0 Å². The second-order valence-corrected chi connectivity index (χ2v) is 4.83. The Kier molecular flexibility index (Phi) is 3.03. The fourth-order valence-corrected chi connectivity index (χ4v) is 2.51. The molecule has 3 nitrogen and oxygen atoms in total. The number of fused-ring (bicyclic) bond motifs is 1. The number of ketones is 1. The molecular formula is C17H16N2O. The molecule has 0 bridgehead atoms. The number of nitrogens with two attached hydrogens (primary N) is 1. The van der Waals surface area contributed by atoms with Gasteiger partial charge in [-0.3, -0.25) is 4.79 Å². The molecule has 20 heavy (non-hydrogen) atoms. The summed E-state index contributed by atoms with van der Waals surface area (Å²) in [6, 6.07) is 13.6. The number of hydrogen-bond acceptors (Lipinski definition) is 2. The van der Waals surface area contributed by atoms with E-state index in [0.717, 1.165) is 22.0 Å². The number of hydrogen-bond donors (Lipinski definition) is 2. The van der Waals surface area contributed by atoms with Crippen LogP contribution in [0.15, 0.2) is 48.7 Å². The first kappa shape index (κ1) is 12.5. The van der Waals surface area contributed by atoms with E-state index in [4.69, 9.17) is 5.73 Å². The van der Waals surface area contributed by atoms with Gasteiger partial charge in [0.25, 0.3) is 0 Å². The molecule has 0 unspecified atom stereocenters. The molecule has 1 aromatic heterocycles. The number of H-pyrrole nitrogens is 1. The highest BCUT2D eigenvalue weighted by molar-refractivity contribution is 6.07. The highest BCUT2D eigenvalue weighted by atomic mass is 16.1. The first-order valence-electron chi connectivity index (χ1n) is 6.70. The average molecular weight is 264 g/mol. The second kappa shape index (κ2) is 4.85. The summed E-state index contributed by atoms with van der Waals surface area (Å²) in [7, 11) is 0. The van der Waals surface area contributed by atoms with E-state index < -0.39 is 0 Å². The lowest BCUT2D eigenvalue weighted by Gasteiger charge is -2.08. The van der Waals surface area contributed by atoms with Crippen molar-refractivity contribution in [2.24, 2.45) is 0 Å². The number of rotatable bonds is 3. The lowest BCUT2D eigenvalue weighted by molar-refractivity contribution is 0.0989. The van der Waals surface area contributed by atoms with E-state index in [-0.39, 0.29) is 5.78 Å². The molecule has 0 fully saturated rings. The maximum Gasteiger partial charge on any atom is 0.163 e. The highest BCUT2D eigenvalue weighted by Gasteiger charge is 2.14. The fraction of sp³-hybridized carbons (Fsp3) is 0.118. The molecule has 0 spiro atoms. The monoisotopic (exact) mass is 264 g/mol. The smallest absolute Gasteiger partial charge is 0.163 e. The van der Waals surface area contributed by atoms with Crippen LogP contribution in [-0.4, -0.2) is 10.8 Å². The largest absolute Gasteiger partial charge is 0.399 e. The molecule has 3 rings (SSSR count). The number of para-hydroxylation sites is 1. The number of aromatic nitrogens is 1. The van der Waals surface area contributed by atoms with Gasteiger partial charge in [-0.25, -0.2) is 0 Å². The second-order valence-electron chi connectivity index (χ2n) is 4.83. The van der Waals surface area contributed by atoms with Crippen molar-refractivity contribution in [1.29, 1.82) is 0 Å². The summed E-state index contributed by atoms with van der Waals surface area (Å²) < 4.78 is 0. The van der Waals surface area contributed by atoms with Crippen molar-refractivity contribution in [2.75, 3.05) is 5.73 Å². The van der Waals surface area contributed by atoms with Crippen LogP contribution in [0, 0.1) is 0 Å². The normalized spacial score (nSPS) is 10.8. The van der Waals surface area contributed by atoms with Crippen molar-refractivity contribution >= 4 is 22.4 Å². The predicted octanol–water partition coefficient (Wildman–Crippen LogP) is 4.01. The Morgan fingerprint density at radius 2 is 1.95 bits per heavy atom. The van der Waals surface area contributed by atoms with E-state index in [1.54, 1.807) is 6.07 Å². The Balaban J connectivity index is 2.26. The Morgan fingerprint density at radius 1 is 1.15 bits per heavy atom. The van der Waals surface area contributed by atoms with Gasteiger partial charge in [-0.2, -0.15) is 0 Å². The van der Waals surface area contributed by atoms with Crippen LogP contribution in [0.1, 0.15) is 23.7 Å². The van der Waals surface area contributed by atoms with Crippen molar-refractivity contribution in [2.45, 2.75) is 13.3 Å². The molecule has 0 radical (unpaired) electrons. The van der Waals surface area contributed by atoms with E-state index >= 15 is 0 Å². The van der Waals surface area contributed by atoms with Gasteiger partial charge < -0.3 is 10.7 Å². The number of nitrogens with one attached hydrogen (secondary N) is 1. The number of benzene rings is 2. The fourth-order valence-electron chi connectivity index (χ4n) is 2.51. The molecule has 0 aliphatic carbocycles. The quantitative estimate of drug-likeness (QED) is 0.554. The number of Topliss-reactive ketones (excluding diaryl/α,β-unsaturated/α-hetero) is 1. The minimum atomic E-state index is 0.109. The number of aromatic amines is 1. The molecule has 0 atom stereocenters. The summed E-state index contributed by atoms with van der Waals surface area (Å²) >= 11 is 0. The molecule has 3 heteroatoms. The predicted molar refractivity (Wildman–Crippen MR) is 82.8 cm³/mol. The third-order valence-corrected chi connectivity index (χ3v) is 3.54. The molecule has 0 amide bonds. The van der Waals surface area contributed by atoms with Crippen molar-refractivity contribution in [3.63, 3.8) is 0 Å². The molecule has 0 saturated carbocycles. The van der Waals surface area contributed by atoms with Gasteiger partial charge in [-0.05, 0) is 23.8 Å². The van der Waals surface area contributed by atoms with E-state index in [1.807, 2.05) is 43.5 Å². The van der Waals surface area contributed by atoms with Gasteiger partial charge in [0.1, 0.15) is 0 Å². The SMILES string of the molecule is CCC(=O)c1cc(N)ccc1-c1c[nH]c2ccccc12. The Labute approximate surface area is 117 Å².